The fraction of sp³-hybridized carbons (Fsp3) is 0.208. The molecule has 4 heteroatoms. The molecule has 0 aliphatic rings. The van der Waals surface area contributed by atoms with Crippen molar-refractivity contribution in [2.24, 2.45) is 0 Å². The number of nitrogens with one attached hydrogen (secondary N) is 1. The van der Waals surface area contributed by atoms with Crippen molar-refractivity contribution in [1.82, 2.24) is 10.2 Å². The van der Waals surface area contributed by atoms with Gasteiger partial charge >= 0.3 is 0 Å². The Kier molecular flexibility index (Phi) is 6.85. The number of halogens is 1. The van der Waals surface area contributed by atoms with Gasteiger partial charge in [-0.2, -0.15) is 0 Å². The number of nitrogens with zero attached hydrogens (tertiary/aromatic N) is 1. The van der Waals surface area contributed by atoms with Crippen LogP contribution < -0.4 is 5.32 Å². The lowest BCUT2D eigenvalue weighted by molar-refractivity contribution is -0.126. The second-order valence-electron chi connectivity index (χ2n) is 6.98. The quantitative estimate of drug-likeness (QED) is 0.609. The molecule has 28 heavy (non-hydrogen) atoms. The molecule has 0 saturated heterocycles. The van der Waals surface area contributed by atoms with Gasteiger partial charge in [-0.15, -0.1) is 0 Å². The number of amides is 1. The molecule has 0 aromatic heterocycles. The standard InChI is InChI=1S/C24H25ClN2O/c1-18(27(2)17-19-13-15-22(25)16-14-19)24(28)26-23(20-9-5-3-6-10-20)21-11-7-4-8-12-21/h3-16,18,23H,17H2,1-2H3,(H,26,28)/t18-/m0/s1. The van der Waals surface area contributed by atoms with E-state index in [-0.39, 0.29) is 18.0 Å². The number of hydrogen-bond acceptors (Lipinski definition) is 2. The zero-order chi connectivity index (χ0) is 19.9. The van der Waals surface area contributed by atoms with Crippen molar-refractivity contribution in [1.29, 1.82) is 0 Å². The van der Waals surface area contributed by atoms with E-state index in [1.165, 1.54) is 0 Å². The first-order valence-corrected chi connectivity index (χ1v) is 9.77. The molecule has 1 N–H and O–H groups in total. The fourth-order valence-corrected chi connectivity index (χ4v) is 3.25. The topological polar surface area (TPSA) is 32.3 Å². The lowest BCUT2D eigenvalue weighted by Crippen LogP contribution is -2.44. The second kappa shape index (κ2) is 9.54. The third kappa shape index (κ3) is 5.22. The Morgan fingerprint density at radius 1 is 0.893 bits per heavy atom. The first kappa shape index (κ1) is 20.1. The summed E-state index contributed by atoms with van der Waals surface area (Å²) in [6, 6.07) is 27.4. The summed E-state index contributed by atoms with van der Waals surface area (Å²) in [6.45, 7) is 2.60. The van der Waals surface area contributed by atoms with E-state index in [9.17, 15) is 4.79 Å². The Labute approximate surface area is 172 Å². The van der Waals surface area contributed by atoms with Gasteiger partial charge in [0.2, 0.25) is 5.91 Å². The molecular weight excluding hydrogens is 368 g/mol. The number of hydrogen-bond donors (Lipinski definition) is 1. The molecule has 0 aliphatic carbocycles. The lowest BCUT2D eigenvalue weighted by Gasteiger charge is -2.27. The van der Waals surface area contributed by atoms with Crippen LogP contribution in [0.1, 0.15) is 29.7 Å². The van der Waals surface area contributed by atoms with E-state index in [1.807, 2.05) is 104 Å². The molecule has 0 unspecified atom stereocenters. The molecule has 0 bridgehead atoms. The molecule has 0 heterocycles. The Hall–Kier alpha value is -2.62. The highest BCUT2D eigenvalue weighted by Crippen LogP contribution is 2.22. The molecule has 0 saturated carbocycles. The van der Waals surface area contributed by atoms with Crippen molar-refractivity contribution in [3.63, 3.8) is 0 Å². The van der Waals surface area contributed by atoms with Crippen molar-refractivity contribution in [3.05, 3.63) is 107 Å². The van der Waals surface area contributed by atoms with Crippen LogP contribution in [-0.2, 0) is 11.3 Å². The normalized spacial score (nSPS) is 12.2. The van der Waals surface area contributed by atoms with Gasteiger partial charge in [-0.1, -0.05) is 84.4 Å². The first-order valence-electron chi connectivity index (χ1n) is 9.39. The van der Waals surface area contributed by atoms with Crippen LogP contribution in [0.3, 0.4) is 0 Å². The number of likely N-dealkylation sites (N-methyl/N-ethyl adjacent to an activating group) is 1. The summed E-state index contributed by atoms with van der Waals surface area (Å²) < 4.78 is 0. The van der Waals surface area contributed by atoms with Crippen LogP contribution in [0.4, 0.5) is 0 Å². The van der Waals surface area contributed by atoms with E-state index in [1.54, 1.807) is 0 Å². The Morgan fingerprint density at radius 3 is 1.89 bits per heavy atom. The van der Waals surface area contributed by atoms with Crippen LogP contribution in [-0.4, -0.2) is 23.9 Å². The zero-order valence-electron chi connectivity index (χ0n) is 16.2. The van der Waals surface area contributed by atoms with Gasteiger partial charge in [0.15, 0.2) is 0 Å². The predicted octanol–water partition coefficient (Wildman–Crippen LogP) is 5.07. The summed E-state index contributed by atoms with van der Waals surface area (Å²) in [5, 5.41) is 3.94. The van der Waals surface area contributed by atoms with E-state index in [0.717, 1.165) is 16.7 Å². The van der Waals surface area contributed by atoms with E-state index in [2.05, 4.69) is 5.32 Å². The minimum atomic E-state index is -0.273. The van der Waals surface area contributed by atoms with Crippen molar-refractivity contribution in [3.8, 4) is 0 Å². The van der Waals surface area contributed by atoms with Crippen LogP contribution in [0.5, 0.6) is 0 Å². The van der Waals surface area contributed by atoms with Crippen molar-refractivity contribution in [2.45, 2.75) is 25.6 Å². The van der Waals surface area contributed by atoms with Crippen LogP contribution in [0.15, 0.2) is 84.9 Å². The highest BCUT2D eigenvalue weighted by molar-refractivity contribution is 6.30. The molecule has 3 rings (SSSR count). The first-order chi connectivity index (χ1) is 13.5. The van der Waals surface area contributed by atoms with Gasteiger partial charge in [0.05, 0.1) is 12.1 Å². The maximum Gasteiger partial charge on any atom is 0.237 e. The summed E-state index contributed by atoms with van der Waals surface area (Å²) in [6.07, 6.45) is 0. The minimum absolute atomic E-state index is 0.00540. The molecule has 144 valence electrons. The molecule has 1 amide bonds. The van der Waals surface area contributed by atoms with Crippen molar-refractivity contribution < 1.29 is 4.79 Å². The highest BCUT2D eigenvalue weighted by Gasteiger charge is 2.23. The molecular formula is C24H25ClN2O. The van der Waals surface area contributed by atoms with Crippen molar-refractivity contribution in [2.75, 3.05) is 7.05 Å². The minimum Gasteiger partial charge on any atom is -0.344 e. The van der Waals surface area contributed by atoms with Crippen LogP contribution >= 0.6 is 11.6 Å². The average molecular weight is 393 g/mol. The smallest absolute Gasteiger partial charge is 0.237 e. The van der Waals surface area contributed by atoms with Gasteiger partial charge in [-0.05, 0) is 42.8 Å². The van der Waals surface area contributed by atoms with Crippen LogP contribution in [0.25, 0.3) is 0 Å². The summed E-state index contributed by atoms with van der Waals surface area (Å²) in [5.74, 6) is -0.00540. The maximum atomic E-state index is 13.0. The van der Waals surface area contributed by atoms with Gasteiger partial charge < -0.3 is 5.32 Å². The SMILES string of the molecule is C[C@@H](C(=O)NC(c1ccccc1)c1ccccc1)N(C)Cc1ccc(Cl)cc1. The Morgan fingerprint density at radius 2 is 1.39 bits per heavy atom. The monoisotopic (exact) mass is 392 g/mol. The fourth-order valence-electron chi connectivity index (χ4n) is 3.13. The van der Waals surface area contributed by atoms with E-state index in [0.29, 0.717) is 11.6 Å². The number of carbonyl (C=O) groups excluding carboxylic acids is 1. The largest absolute Gasteiger partial charge is 0.344 e. The van der Waals surface area contributed by atoms with Crippen molar-refractivity contribution >= 4 is 17.5 Å². The Bertz CT molecular complexity index is 842. The molecule has 3 nitrogen and oxygen atoms in total. The third-order valence-electron chi connectivity index (χ3n) is 4.94. The predicted molar refractivity (Wildman–Crippen MR) is 115 cm³/mol. The molecule has 0 fully saturated rings. The molecule has 1 atom stereocenters. The number of carbonyl (C=O) groups is 1. The third-order valence-corrected chi connectivity index (χ3v) is 5.19. The van der Waals surface area contributed by atoms with E-state index in [4.69, 9.17) is 11.6 Å². The molecule has 0 aliphatic heterocycles. The molecule has 3 aromatic rings. The average Bonchev–Trinajstić information content (AvgIpc) is 2.74. The van der Waals surface area contributed by atoms with Gasteiger partial charge in [0.25, 0.3) is 0 Å². The number of rotatable bonds is 7. The van der Waals surface area contributed by atoms with Gasteiger partial charge in [0.1, 0.15) is 0 Å². The molecule has 0 spiro atoms. The second-order valence-corrected chi connectivity index (χ2v) is 7.42. The van der Waals surface area contributed by atoms with Gasteiger partial charge in [-0.3, -0.25) is 9.69 Å². The summed E-state index contributed by atoms with van der Waals surface area (Å²) in [5.41, 5.74) is 3.25. The van der Waals surface area contributed by atoms with Crippen LogP contribution in [0, 0.1) is 0 Å². The van der Waals surface area contributed by atoms with Gasteiger partial charge in [0, 0.05) is 11.6 Å². The highest BCUT2D eigenvalue weighted by atomic mass is 35.5. The summed E-state index contributed by atoms with van der Waals surface area (Å²) in [7, 11) is 1.96. The summed E-state index contributed by atoms with van der Waals surface area (Å²) >= 11 is 5.96. The van der Waals surface area contributed by atoms with Gasteiger partial charge in [-0.25, -0.2) is 0 Å². The van der Waals surface area contributed by atoms with E-state index < -0.39 is 0 Å². The van der Waals surface area contributed by atoms with Crippen LogP contribution in [0.2, 0.25) is 5.02 Å². The molecule has 3 aromatic carbocycles. The lowest BCUT2D eigenvalue weighted by atomic mass is 9.98. The Balaban J connectivity index is 1.73. The number of benzene rings is 3. The summed E-state index contributed by atoms with van der Waals surface area (Å²) in [4.78, 5) is 15.0. The molecule has 0 radical (unpaired) electrons. The zero-order valence-corrected chi connectivity index (χ0v) is 16.9. The van der Waals surface area contributed by atoms with E-state index >= 15 is 0 Å². The maximum absolute atomic E-state index is 13.0.